The molecule has 10 nitrogen and oxygen atoms in total. The Balaban J connectivity index is 2.45. The summed E-state index contributed by atoms with van der Waals surface area (Å²) in [6, 6.07) is 1.34. The van der Waals surface area contributed by atoms with Crippen molar-refractivity contribution < 1.29 is 14.9 Å². The molecule has 11 heteroatoms. The molecule has 1 aliphatic heterocycles. The summed E-state index contributed by atoms with van der Waals surface area (Å²) in [5, 5.41) is 21.4. The Morgan fingerprint density at radius 2 is 2.45 bits per heavy atom. The van der Waals surface area contributed by atoms with E-state index in [0.717, 1.165) is 4.57 Å². The number of nitrogens with two attached hydrogens (primary N) is 1. The number of nitrogens with zero attached hydrogens (tertiary/aromatic N) is 5. The Kier molecular flexibility index (Phi) is 3.84. The lowest BCUT2D eigenvalue weighted by Gasteiger charge is -2.23. The molecule has 1 saturated heterocycles. The van der Waals surface area contributed by atoms with Crippen LogP contribution in [0.25, 0.3) is 10.4 Å². The van der Waals surface area contributed by atoms with E-state index in [2.05, 4.69) is 15.0 Å². The molecule has 20 heavy (non-hydrogen) atoms. The molecule has 0 amide bonds. The van der Waals surface area contributed by atoms with Crippen molar-refractivity contribution in [3.8, 4) is 0 Å². The number of hydrogen-bond acceptors (Lipinski definition) is 7. The minimum Gasteiger partial charge on any atom is -0.393 e. The molecule has 0 aliphatic carbocycles. The van der Waals surface area contributed by atoms with E-state index < -0.39 is 35.7 Å². The molecule has 4 atom stereocenters. The van der Waals surface area contributed by atoms with E-state index >= 15 is 0 Å². The number of nitrogen functional groups attached to an aromatic ring is 1. The van der Waals surface area contributed by atoms with Gasteiger partial charge in [-0.3, -0.25) is 4.57 Å². The van der Waals surface area contributed by atoms with Crippen LogP contribution in [0.1, 0.15) is 6.23 Å². The van der Waals surface area contributed by atoms with Crippen LogP contribution in [-0.4, -0.2) is 43.6 Å². The van der Waals surface area contributed by atoms with Crippen LogP contribution in [0.4, 0.5) is 5.82 Å². The van der Waals surface area contributed by atoms with Crippen LogP contribution in [0.5, 0.6) is 0 Å². The van der Waals surface area contributed by atoms with Crippen molar-refractivity contribution in [3.63, 3.8) is 0 Å². The lowest BCUT2D eigenvalue weighted by Crippen LogP contribution is -2.43. The smallest absolute Gasteiger partial charge is 0.351 e. The second-order valence-electron chi connectivity index (χ2n) is 4.13. The van der Waals surface area contributed by atoms with Gasteiger partial charge in [-0.1, -0.05) is 5.11 Å². The summed E-state index contributed by atoms with van der Waals surface area (Å²) >= 11 is 5.99. The van der Waals surface area contributed by atoms with Crippen molar-refractivity contribution in [2.45, 2.75) is 23.4 Å². The van der Waals surface area contributed by atoms with E-state index in [-0.39, 0.29) is 5.82 Å². The van der Waals surface area contributed by atoms with Gasteiger partial charge in [-0.2, -0.15) is 4.98 Å². The van der Waals surface area contributed by atoms with E-state index in [9.17, 15) is 15.0 Å². The Morgan fingerprint density at radius 3 is 3.00 bits per heavy atom. The molecule has 1 aromatic rings. The number of aliphatic hydroxyl groups is 2. The number of aliphatic hydroxyl groups excluding tert-OH is 2. The van der Waals surface area contributed by atoms with Crippen LogP contribution < -0.4 is 11.4 Å². The van der Waals surface area contributed by atoms with Crippen LogP contribution >= 0.6 is 11.6 Å². The molecule has 0 saturated carbocycles. The standard InChI is InChI=1S/C9H11ClN6O4/c10-5-6(18)9(3-17,14-15-12)20-7(5)16-2-1-4(11)13-8(16)19/h1-2,5-7,17-18H,3H2,(H2,11,13,19)/t5?,6?,7-,9-/m1/s1. The second-order valence-corrected chi connectivity index (χ2v) is 4.64. The third-order valence-corrected chi connectivity index (χ3v) is 3.38. The molecule has 0 aromatic carbocycles. The zero-order valence-corrected chi connectivity index (χ0v) is 10.8. The van der Waals surface area contributed by atoms with Gasteiger partial charge in [0.2, 0.25) is 0 Å². The topological polar surface area (TPSA) is 159 Å². The number of rotatable bonds is 3. The van der Waals surface area contributed by atoms with Gasteiger partial charge in [-0.15, -0.1) is 11.6 Å². The highest BCUT2D eigenvalue weighted by Crippen LogP contribution is 2.40. The summed E-state index contributed by atoms with van der Waals surface area (Å²) in [5.41, 5.74) is 11.2. The molecule has 0 bridgehead atoms. The Labute approximate surface area is 117 Å². The molecular weight excluding hydrogens is 292 g/mol. The van der Waals surface area contributed by atoms with Crippen molar-refractivity contribution in [1.29, 1.82) is 0 Å². The fraction of sp³-hybridized carbons (Fsp3) is 0.556. The van der Waals surface area contributed by atoms with Gasteiger partial charge in [-0.25, -0.2) is 4.79 Å². The Hall–Kier alpha value is -1.84. The number of ether oxygens (including phenoxy) is 1. The number of aromatic nitrogens is 2. The highest BCUT2D eigenvalue weighted by atomic mass is 35.5. The van der Waals surface area contributed by atoms with E-state index in [4.69, 9.17) is 27.6 Å². The first-order valence-corrected chi connectivity index (χ1v) is 5.90. The van der Waals surface area contributed by atoms with Gasteiger partial charge >= 0.3 is 5.69 Å². The van der Waals surface area contributed by atoms with Crippen LogP contribution in [0, 0.1) is 0 Å². The maximum atomic E-state index is 11.7. The van der Waals surface area contributed by atoms with Gasteiger partial charge < -0.3 is 20.7 Å². The number of alkyl halides is 1. The maximum Gasteiger partial charge on any atom is 0.351 e. The lowest BCUT2D eigenvalue weighted by atomic mass is 10.1. The van der Waals surface area contributed by atoms with Gasteiger partial charge in [0.25, 0.3) is 0 Å². The van der Waals surface area contributed by atoms with Crippen LogP contribution in [-0.2, 0) is 4.74 Å². The zero-order valence-electron chi connectivity index (χ0n) is 10.00. The highest BCUT2D eigenvalue weighted by molar-refractivity contribution is 6.21. The van der Waals surface area contributed by atoms with Crippen LogP contribution in [0.3, 0.4) is 0 Å². The van der Waals surface area contributed by atoms with E-state index in [0.29, 0.717) is 0 Å². The molecule has 2 rings (SSSR count). The SMILES string of the molecule is [N-]=[N+]=N[C@]1(CO)O[C@@H](n2ccc(N)nc2=O)C(Cl)C1O. The number of azide groups is 1. The van der Waals surface area contributed by atoms with Gasteiger partial charge in [0, 0.05) is 11.1 Å². The molecule has 2 heterocycles. The number of anilines is 1. The number of hydrogen-bond donors (Lipinski definition) is 3. The maximum absolute atomic E-state index is 11.7. The Morgan fingerprint density at radius 1 is 1.75 bits per heavy atom. The monoisotopic (exact) mass is 302 g/mol. The minimum absolute atomic E-state index is 0.0133. The third-order valence-electron chi connectivity index (χ3n) is 2.93. The summed E-state index contributed by atoms with van der Waals surface area (Å²) in [7, 11) is 0. The van der Waals surface area contributed by atoms with Gasteiger partial charge in [0.05, 0.1) is 6.61 Å². The highest BCUT2D eigenvalue weighted by Gasteiger charge is 2.54. The van der Waals surface area contributed by atoms with E-state index in [1.54, 1.807) is 0 Å². The molecule has 1 aliphatic rings. The first-order valence-electron chi connectivity index (χ1n) is 5.47. The van der Waals surface area contributed by atoms with Crippen molar-refractivity contribution in [1.82, 2.24) is 9.55 Å². The van der Waals surface area contributed by atoms with Crippen molar-refractivity contribution in [2.24, 2.45) is 5.11 Å². The van der Waals surface area contributed by atoms with Crippen molar-refractivity contribution in [2.75, 3.05) is 12.3 Å². The number of halogens is 1. The van der Waals surface area contributed by atoms with Crippen LogP contribution in [0.15, 0.2) is 22.2 Å². The molecule has 0 radical (unpaired) electrons. The fourth-order valence-corrected chi connectivity index (χ4v) is 2.27. The molecule has 1 aromatic heterocycles. The van der Waals surface area contributed by atoms with E-state index in [1.165, 1.54) is 12.3 Å². The second kappa shape index (κ2) is 5.27. The first kappa shape index (κ1) is 14.6. The summed E-state index contributed by atoms with van der Waals surface area (Å²) in [6.45, 7) is -0.797. The van der Waals surface area contributed by atoms with Gasteiger partial charge in [0.1, 0.15) is 17.3 Å². The molecule has 0 spiro atoms. The fourth-order valence-electron chi connectivity index (χ4n) is 1.90. The van der Waals surface area contributed by atoms with Crippen molar-refractivity contribution >= 4 is 17.4 Å². The van der Waals surface area contributed by atoms with Crippen molar-refractivity contribution in [3.05, 3.63) is 33.2 Å². The predicted molar refractivity (Wildman–Crippen MR) is 67.6 cm³/mol. The van der Waals surface area contributed by atoms with Crippen LogP contribution in [0.2, 0.25) is 0 Å². The Bertz CT molecular complexity index is 617. The summed E-state index contributed by atoms with van der Waals surface area (Å²) in [5.74, 6) is 0.0133. The summed E-state index contributed by atoms with van der Waals surface area (Å²) < 4.78 is 6.29. The largest absolute Gasteiger partial charge is 0.393 e. The van der Waals surface area contributed by atoms with Gasteiger partial charge in [-0.05, 0) is 11.6 Å². The predicted octanol–water partition coefficient (Wildman–Crippen LogP) is -0.679. The average Bonchev–Trinajstić information content (AvgIpc) is 2.65. The average molecular weight is 303 g/mol. The normalized spacial score (nSPS) is 32.9. The first-order chi connectivity index (χ1) is 9.45. The summed E-state index contributed by atoms with van der Waals surface area (Å²) in [4.78, 5) is 17.7. The molecule has 108 valence electrons. The molecular formula is C9H11ClN6O4. The minimum atomic E-state index is -1.95. The summed E-state index contributed by atoms with van der Waals surface area (Å²) in [6.07, 6.45) is -1.38. The molecule has 2 unspecified atom stereocenters. The zero-order chi connectivity index (χ0) is 14.9. The lowest BCUT2D eigenvalue weighted by molar-refractivity contribution is -0.124. The quantitative estimate of drug-likeness (QED) is 0.290. The van der Waals surface area contributed by atoms with E-state index in [1.807, 2.05) is 0 Å². The van der Waals surface area contributed by atoms with Gasteiger partial charge in [0.15, 0.2) is 12.0 Å². The molecule has 4 N–H and O–H groups in total. The third kappa shape index (κ3) is 2.19. The molecule has 1 fully saturated rings.